The smallest absolute Gasteiger partial charge is 0.120 e. The van der Waals surface area contributed by atoms with Gasteiger partial charge in [0.05, 0.1) is 18.9 Å². The zero-order valence-corrected chi connectivity index (χ0v) is 9.82. The van der Waals surface area contributed by atoms with Gasteiger partial charge in [0.1, 0.15) is 5.76 Å². The Morgan fingerprint density at radius 2 is 2.20 bits per heavy atom. The summed E-state index contributed by atoms with van der Waals surface area (Å²) in [5, 5.41) is 3.54. The highest BCUT2D eigenvalue weighted by atomic mass is 16.5. The predicted octanol–water partition coefficient (Wildman–Crippen LogP) is 2.75. The third-order valence-electron chi connectivity index (χ3n) is 2.59. The summed E-state index contributed by atoms with van der Waals surface area (Å²) in [5.74, 6) is 1.01. The fraction of sp³-hybridized carbons (Fsp3) is 0.667. The topological polar surface area (TPSA) is 34.4 Å². The summed E-state index contributed by atoms with van der Waals surface area (Å²) >= 11 is 0. The van der Waals surface area contributed by atoms with E-state index in [0.717, 1.165) is 25.2 Å². The van der Waals surface area contributed by atoms with Crippen LogP contribution in [0.15, 0.2) is 22.8 Å². The van der Waals surface area contributed by atoms with E-state index in [1.807, 2.05) is 12.1 Å². The van der Waals surface area contributed by atoms with Crippen LogP contribution in [-0.4, -0.2) is 19.8 Å². The van der Waals surface area contributed by atoms with Crippen LogP contribution < -0.4 is 5.32 Å². The van der Waals surface area contributed by atoms with E-state index < -0.39 is 0 Å². The molecule has 0 aliphatic rings. The molecule has 0 bridgehead atoms. The van der Waals surface area contributed by atoms with Gasteiger partial charge in [-0.3, -0.25) is 0 Å². The molecular formula is C12H21NO2. The molecule has 3 nitrogen and oxygen atoms in total. The molecule has 1 aromatic rings. The summed E-state index contributed by atoms with van der Waals surface area (Å²) in [5.41, 5.74) is 0. The molecule has 0 fully saturated rings. The average Bonchev–Trinajstić information content (AvgIpc) is 2.77. The molecule has 1 aromatic heterocycles. The molecule has 86 valence electrons. The van der Waals surface area contributed by atoms with Gasteiger partial charge in [0, 0.05) is 13.2 Å². The Hall–Kier alpha value is -0.800. The molecule has 15 heavy (non-hydrogen) atoms. The number of hydrogen-bond donors (Lipinski definition) is 1. The Labute approximate surface area is 91.8 Å². The lowest BCUT2D eigenvalue weighted by molar-refractivity contribution is 0.155. The first-order valence-electron chi connectivity index (χ1n) is 5.60. The Kier molecular flexibility index (Phi) is 5.43. The van der Waals surface area contributed by atoms with Gasteiger partial charge in [0.2, 0.25) is 0 Å². The minimum absolute atomic E-state index is 0.292. The van der Waals surface area contributed by atoms with Crippen molar-refractivity contribution in [2.45, 2.75) is 38.8 Å². The fourth-order valence-electron chi connectivity index (χ4n) is 1.66. The first-order valence-corrected chi connectivity index (χ1v) is 5.60. The lowest BCUT2D eigenvalue weighted by Gasteiger charge is -2.22. The highest BCUT2D eigenvalue weighted by Gasteiger charge is 2.16. The molecule has 0 aliphatic carbocycles. The number of furan rings is 1. The molecule has 0 radical (unpaired) electrons. The molecule has 1 N–H and O–H groups in total. The van der Waals surface area contributed by atoms with Crippen LogP contribution in [0.4, 0.5) is 0 Å². The van der Waals surface area contributed by atoms with Crippen molar-refractivity contribution in [2.75, 3.05) is 13.7 Å². The Morgan fingerprint density at radius 3 is 2.67 bits per heavy atom. The van der Waals surface area contributed by atoms with E-state index in [9.17, 15) is 0 Å². The van der Waals surface area contributed by atoms with Gasteiger partial charge >= 0.3 is 0 Å². The summed E-state index contributed by atoms with van der Waals surface area (Å²) in [6, 6.07) is 4.63. The maximum atomic E-state index is 5.41. The van der Waals surface area contributed by atoms with E-state index in [0.29, 0.717) is 12.1 Å². The second-order valence-electron chi connectivity index (χ2n) is 3.70. The number of methoxy groups -OCH3 is 1. The molecule has 2 atom stereocenters. The second kappa shape index (κ2) is 6.64. The fourth-order valence-corrected chi connectivity index (χ4v) is 1.66. The Bertz CT molecular complexity index is 246. The molecule has 2 unspecified atom stereocenters. The lowest BCUT2D eigenvalue weighted by atomic mass is 10.1. The van der Waals surface area contributed by atoms with Crippen LogP contribution in [0.5, 0.6) is 0 Å². The van der Waals surface area contributed by atoms with Gasteiger partial charge in [-0.25, -0.2) is 0 Å². The van der Waals surface area contributed by atoms with Crippen molar-refractivity contribution in [1.29, 1.82) is 0 Å². The molecule has 1 rings (SSSR count). The SMILES string of the molecule is CCC(COC)NC(CC)c1ccco1. The van der Waals surface area contributed by atoms with Gasteiger partial charge < -0.3 is 14.5 Å². The number of hydrogen-bond acceptors (Lipinski definition) is 3. The minimum Gasteiger partial charge on any atom is -0.468 e. The van der Waals surface area contributed by atoms with Gasteiger partial charge in [-0.05, 0) is 25.0 Å². The van der Waals surface area contributed by atoms with Crippen molar-refractivity contribution in [3.8, 4) is 0 Å². The van der Waals surface area contributed by atoms with Gasteiger partial charge in [0.25, 0.3) is 0 Å². The Morgan fingerprint density at radius 1 is 1.40 bits per heavy atom. The van der Waals surface area contributed by atoms with Crippen LogP contribution >= 0.6 is 0 Å². The summed E-state index contributed by atoms with van der Waals surface area (Å²) in [6.45, 7) is 5.05. The summed E-state index contributed by atoms with van der Waals surface area (Å²) in [4.78, 5) is 0. The molecule has 0 saturated heterocycles. The van der Waals surface area contributed by atoms with Gasteiger partial charge in [-0.15, -0.1) is 0 Å². The largest absolute Gasteiger partial charge is 0.468 e. The number of ether oxygens (including phenoxy) is 1. The zero-order chi connectivity index (χ0) is 11.1. The Balaban J connectivity index is 2.52. The van der Waals surface area contributed by atoms with Crippen molar-refractivity contribution in [3.05, 3.63) is 24.2 Å². The van der Waals surface area contributed by atoms with Crippen LogP contribution in [0.2, 0.25) is 0 Å². The van der Waals surface area contributed by atoms with E-state index in [1.54, 1.807) is 13.4 Å². The maximum Gasteiger partial charge on any atom is 0.120 e. The first-order chi connectivity index (χ1) is 7.31. The number of nitrogens with one attached hydrogen (secondary N) is 1. The maximum absolute atomic E-state index is 5.41. The highest BCUT2D eigenvalue weighted by molar-refractivity contribution is 5.04. The molecule has 0 aliphatic heterocycles. The molecule has 0 saturated carbocycles. The van der Waals surface area contributed by atoms with Gasteiger partial charge in [0.15, 0.2) is 0 Å². The van der Waals surface area contributed by atoms with Crippen molar-refractivity contribution in [3.63, 3.8) is 0 Å². The first kappa shape index (κ1) is 12.3. The molecular weight excluding hydrogens is 190 g/mol. The van der Waals surface area contributed by atoms with Crippen LogP contribution in [-0.2, 0) is 4.74 Å². The van der Waals surface area contributed by atoms with Crippen molar-refractivity contribution in [1.82, 2.24) is 5.32 Å². The average molecular weight is 211 g/mol. The monoisotopic (exact) mass is 211 g/mol. The standard InChI is InChI=1S/C12H21NO2/c1-4-10(9-14-3)13-11(5-2)12-7-6-8-15-12/h6-8,10-11,13H,4-5,9H2,1-3H3. The highest BCUT2D eigenvalue weighted by Crippen LogP contribution is 2.17. The summed E-state index contributed by atoms with van der Waals surface area (Å²) < 4.78 is 10.6. The lowest BCUT2D eigenvalue weighted by Crippen LogP contribution is -2.35. The minimum atomic E-state index is 0.292. The number of rotatable bonds is 7. The van der Waals surface area contributed by atoms with Crippen molar-refractivity contribution in [2.24, 2.45) is 0 Å². The van der Waals surface area contributed by atoms with E-state index in [2.05, 4.69) is 19.2 Å². The molecule has 3 heteroatoms. The van der Waals surface area contributed by atoms with E-state index in [-0.39, 0.29) is 0 Å². The van der Waals surface area contributed by atoms with Crippen molar-refractivity contribution < 1.29 is 9.15 Å². The summed E-state index contributed by atoms with van der Waals surface area (Å²) in [6.07, 6.45) is 3.80. The molecule has 0 aromatic carbocycles. The third kappa shape index (κ3) is 3.68. The van der Waals surface area contributed by atoms with Crippen molar-refractivity contribution >= 4 is 0 Å². The van der Waals surface area contributed by atoms with E-state index in [4.69, 9.17) is 9.15 Å². The van der Waals surface area contributed by atoms with Gasteiger partial charge in [-0.1, -0.05) is 13.8 Å². The second-order valence-corrected chi connectivity index (χ2v) is 3.70. The molecule has 0 amide bonds. The normalized spacial score (nSPS) is 15.1. The summed E-state index contributed by atoms with van der Waals surface area (Å²) in [7, 11) is 1.73. The zero-order valence-electron chi connectivity index (χ0n) is 9.82. The van der Waals surface area contributed by atoms with Crippen LogP contribution in [0.1, 0.15) is 38.5 Å². The molecule has 1 heterocycles. The van der Waals surface area contributed by atoms with Crippen LogP contribution in [0.25, 0.3) is 0 Å². The van der Waals surface area contributed by atoms with E-state index >= 15 is 0 Å². The van der Waals surface area contributed by atoms with Gasteiger partial charge in [-0.2, -0.15) is 0 Å². The van der Waals surface area contributed by atoms with Crippen LogP contribution in [0, 0.1) is 0 Å². The quantitative estimate of drug-likeness (QED) is 0.753. The molecule has 0 spiro atoms. The predicted molar refractivity (Wildman–Crippen MR) is 60.8 cm³/mol. The van der Waals surface area contributed by atoms with E-state index in [1.165, 1.54) is 0 Å². The third-order valence-corrected chi connectivity index (χ3v) is 2.59. The van der Waals surface area contributed by atoms with Crippen LogP contribution in [0.3, 0.4) is 0 Å².